The summed E-state index contributed by atoms with van der Waals surface area (Å²) in [6, 6.07) is 0. The molecule has 3 N–H and O–H groups in total. The van der Waals surface area contributed by atoms with Crippen LogP contribution in [-0.2, 0) is 4.57 Å². The lowest BCUT2D eigenvalue weighted by Gasteiger charge is -2.35. The highest BCUT2D eigenvalue weighted by Gasteiger charge is 2.48. The Balaban J connectivity index is 3.74. The van der Waals surface area contributed by atoms with E-state index in [0.717, 1.165) is 32.1 Å². The van der Waals surface area contributed by atoms with Crippen LogP contribution in [0.15, 0.2) is 24.3 Å². The van der Waals surface area contributed by atoms with E-state index in [4.69, 9.17) is 0 Å². The number of rotatable bonds is 18. The minimum atomic E-state index is -4.54. The molecule has 0 saturated heterocycles. The van der Waals surface area contributed by atoms with E-state index in [0.29, 0.717) is 10.9 Å². The second-order valence-corrected chi connectivity index (χ2v) is 11.2. The van der Waals surface area contributed by atoms with Crippen LogP contribution in [0.5, 0.6) is 0 Å². The highest BCUT2D eigenvalue weighted by atomic mass is 31.2. The Morgan fingerprint density at radius 3 is 1.69 bits per heavy atom. The van der Waals surface area contributed by atoms with E-state index in [9.17, 15) is 19.5 Å². The lowest BCUT2D eigenvalue weighted by molar-refractivity contribution is -0.875. The van der Waals surface area contributed by atoms with Crippen LogP contribution in [0, 0.1) is 0 Å². The minimum absolute atomic E-state index is 0.0558. The van der Waals surface area contributed by atoms with Gasteiger partial charge >= 0.3 is 7.60 Å². The molecule has 29 heavy (non-hydrogen) atoms. The summed E-state index contributed by atoms with van der Waals surface area (Å²) >= 11 is 0. The van der Waals surface area contributed by atoms with E-state index in [-0.39, 0.29) is 13.0 Å². The molecular weight excluding hydrogens is 385 g/mol. The first-order chi connectivity index (χ1) is 13.5. The van der Waals surface area contributed by atoms with Gasteiger partial charge in [0.05, 0.1) is 21.1 Å². The summed E-state index contributed by atoms with van der Waals surface area (Å²) < 4.78 is 12.1. The van der Waals surface area contributed by atoms with Gasteiger partial charge in [-0.15, -0.1) is 0 Å². The van der Waals surface area contributed by atoms with Crippen LogP contribution in [0.2, 0.25) is 0 Å². The lowest BCUT2D eigenvalue weighted by Crippen LogP contribution is -2.49. The first-order valence-corrected chi connectivity index (χ1v) is 13.0. The third-order valence-corrected chi connectivity index (χ3v) is 6.48. The first kappa shape index (κ1) is 28.5. The Kier molecular flexibility index (Phi) is 15.1. The van der Waals surface area contributed by atoms with E-state index in [1.54, 1.807) is 0 Å². The quantitative estimate of drug-likeness (QED) is 0.111. The summed E-state index contributed by atoms with van der Waals surface area (Å²) in [7, 11) is 0.959. The molecule has 172 valence electrons. The number of quaternary nitrogens is 1. The van der Waals surface area contributed by atoms with Crippen molar-refractivity contribution in [2.45, 2.75) is 95.7 Å². The average Bonchev–Trinajstić information content (AvgIpc) is 2.59. The standard InChI is InChI=1S/C23H46NO4P/c1-5-6-7-8-9-10-11-12-13-14-15-16-17-18-19-20-21-23(25,29(26,27)28)22-24(2,3)4/h6-7,11-12,25H,5,8-10,13-22H2,1-4H3,(H-,26,27,28)/p+1/b7-6-,12-11-. The smallest absolute Gasteiger partial charge is 0.362 e. The maximum Gasteiger partial charge on any atom is 0.362 e. The largest absolute Gasteiger partial charge is 0.373 e. The average molecular weight is 433 g/mol. The number of hydrogen-bond donors (Lipinski definition) is 3. The van der Waals surface area contributed by atoms with Crippen LogP contribution < -0.4 is 0 Å². The molecule has 0 aliphatic heterocycles. The predicted molar refractivity (Wildman–Crippen MR) is 124 cm³/mol. The van der Waals surface area contributed by atoms with Crippen LogP contribution in [-0.4, -0.2) is 52.4 Å². The third-order valence-electron chi connectivity index (χ3n) is 5.03. The molecule has 1 atom stereocenters. The van der Waals surface area contributed by atoms with Crippen LogP contribution in [0.1, 0.15) is 90.4 Å². The summed E-state index contributed by atoms with van der Waals surface area (Å²) in [6.07, 6.45) is 22.6. The number of likely N-dealkylation sites (N-methyl/N-ethyl adjacent to an activating group) is 1. The van der Waals surface area contributed by atoms with Gasteiger partial charge in [0.15, 0.2) is 0 Å². The summed E-state index contributed by atoms with van der Waals surface area (Å²) in [4.78, 5) is 19.1. The maximum absolute atomic E-state index is 11.7. The summed E-state index contributed by atoms with van der Waals surface area (Å²) in [5.41, 5.74) is 0. The highest BCUT2D eigenvalue weighted by molar-refractivity contribution is 7.53. The lowest BCUT2D eigenvalue weighted by atomic mass is 10.0. The fraction of sp³-hybridized carbons (Fsp3) is 0.826. The van der Waals surface area contributed by atoms with Crippen molar-refractivity contribution in [2.75, 3.05) is 27.7 Å². The molecule has 0 amide bonds. The molecule has 6 heteroatoms. The Morgan fingerprint density at radius 2 is 1.21 bits per heavy atom. The molecule has 0 aliphatic carbocycles. The molecule has 5 nitrogen and oxygen atoms in total. The number of aliphatic hydroxyl groups is 1. The molecule has 0 rings (SSSR count). The molecular formula is C23H47NO4P+. The van der Waals surface area contributed by atoms with Crippen LogP contribution in [0.25, 0.3) is 0 Å². The Hall–Kier alpha value is -0.450. The molecule has 0 aromatic heterocycles. The topological polar surface area (TPSA) is 77.8 Å². The van der Waals surface area contributed by atoms with Crippen LogP contribution >= 0.6 is 7.60 Å². The number of nitrogens with zero attached hydrogens (tertiary/aromatic N) is 1. The van der Waals surface area contributed by atoms with Crippen molar-refractivity contribution in [2.24, 2.45) is 0 Å². The molecule has 0 heterocycles. The Bertz CT molecular complexity index is 507. The zero-order valence-electron chi connectivity index (χ0n) is 19.4. The predicted octanol–water partition coefficient (Wildman–Crippen LogP) is 5.76. The number of allylic oxidation sites excluding steroid dienone is 4. The monoisotopic (exact) mass is 432 g/mol. The van der Waals surface area contributed by atoms with Gasteiger partial charge < -0.3 is 19.4 Å². The Labute approximate surface area is 179 Å². The van der Waals surface area contributed by atoms with Crippen molar-refractivity contribution in [3.8, 4) is 0 Å². The van der Waals surface area contributed by atoms with Crippen molar-refractivity contribution in [3.05, 3.63) is 24.3 Å². The van der Waals surface area contributed by atoms with Crippen molar-refractivity contribution in [1.82, 2.24) is 0 Å². The van der Waals surface area contributed by atoms with Crippen molar-refractivity contribution >= 4 is 7.60 Å². The molecule has 0 fully saturated rings. The van der Waals surface area contributed by atoms with Crippen molar-refractivity contribution in [1.29, 1.82) is 0 Å². The van der Waals surface area contributed by atoms with Gasteiger partial charge in [0.1, 0.15) is 6.54 Å². The van der Waals surface area contributed by atoms with Crippen LogP contribution in [0.4, 0.5) is 0 Å². The molecule has 0 spiro atoms. The third kappa shape index (κ3) is 16.0. The molecule has 0 aromatic carbocycles. The van der Waals surface area contributed by atoms with E-state index in [1.807, 2.05) is 21.1 Å². The minimum Gasteiger partial charge on any atom is -0.373 e. The van der Waals surface area contributed by atoms with Crippen LogP contribution in [0.3, 0.4) is 0 Å². The van der Waals surface area contributed by atoms with E-state index >= 15 is 0 Å². The number of unbranched alkanes of at least 4 members (excludes halogenated alkanes) is 9. The van der Waals surface area contributed by atoms with Gasteiger partial charge in [-0.25, -0.2) is 0 Å². The van der Waals surface area contributed by atoms with Gasteiger partial charge in [0.2, 0.25) is 5.34 Å². The molecule has 0 saturated carbocycles. The van der Waals surface area contributed by atoms with Gasteiger partial charge in [-0.2, -0.15) is 0 Å². The second kappa shape index (κ2) is 15.4. The maximum atomic E-state index is 11.7. The van der Waals surface area contributed by atoms with Gasteiger partial charge in [0.25, 0.3) is 0 Å². The highest BCUT2D eigenvalue weighted by Crippen LogP contribution is 2.52. The fourth-order valence-corrected chi connectivity index (χ4v) is 4.56. The molecule has 0 bridgehead atoms. The van der Waals surface area contributed by atoms with Crippen molar-refractivity contribution in [3.63, 3.8) is 0 Å². The Morgan fingerprint density at radius 1 is 0.759 bits per heavy atom. The molecule has 0 aliphatic rings. The second-order valence-electron chi connectivity index (χ2n) is 9.27. The van der Waals surface area contributed by atoms with Gasteiger partial charge in [0, 0.05) is 0 Å². The normalized spacial score (nSPS) is 15.4. The molecule has 1 unspecified atom stereocenters. The van der Waals surface area contributed by atoms with Gasteiger partial charge in [-0.05, 0) is 51.4 Å². The summed E-state index contributed by atoms with van der Waals surface area (Å²) in [5, 5.41) is 8.60. The summed E-state index contributed by atoms with van der Waals surface area (Å²) in [5.74, 6) is 0. The number of hydrogen-bond acceptors (Lipinski definition) is 2. The zero-order chi connectivity index (χ0) is 22.2. The van der Waals surface area contributed by atoms with Gasteiger partial charge in [-0.1, -0.05) is 63.3 Å². The first-order valence-electron chi connectivity index (χ1n) is 11.4. The van der Waals surface area contributed by atoms with E-state index in [2.05, 4.69) is 31.2 Å². The zero-order valence-corrected chi connectivity index (χ0v) is 20.2. The molecule has 0 radical (unpaired) electrons. The SMILES string of the molecule is CC/C=C\CCC/C=C\CCCCCCCCCC(O)(C[N+](C)(C)C)P(=O)(O)O. The van der Waals surface area contributed by atoms with Crippen molar-refractivity contribution < 1.29 is 23.9 Å². The molecule has 0 aromatic rings. The van der Waals surface area contributed by atoms with Gasteiger partial charge in [-0.3, -0.25) is 4.57 Å². The fourth-order valence-electron chi connectivity index (χ4n) is 3.50. The summed E-state index contributed by atoms with van der Waals surface area (Å²) in [6.45, 7) is 2.22. The van der Waals surface area contributed by atoms with E-state index in [1.165, 1.54) is 38.5 Å². The van der Waals surface area contributed by atoms with E-state index < -0.39 is 12.9 Å².